The van der Waals surface area contributed by atoms with Gasteiger partial charge in [-0.3, -0.25) is 4.90 Å². The topological polar surface area (TPSA) is 44.3 Å². The SMILES string of the molecule is CCN1CCN(c2ccc(CNC3CC3)nn2)CC1C. The van der Waals surface area contributed by atoms with Gasteiger partial charge in [-0.1, -0.05) is 6.92 Å². The van der Waals surface area contributed by atoms with Crippen molar-refractivity contribution in [1.82, 2.24) is 20.4 Å². The summed E-state index contributed by atoms with van der Waals surface area (Å²) in [6, 6.07) is 5.53. The highest BCUT2D eigenvalue weighted by atomic mass is 15.3. The third kappa shape index (κ3) is 3.27. The zero-order chi connectivity index (χ0) is 13.9. The Morgan fingerprint density at radius 2 is 2.10 bits per heavy atom. The molecule has 1 aromatic heterocycles. The van der Waals surface area contributed by atoms with Crippen molar-refractivity contribution in [2.24, 2.45) is 0 Å². The molecule has 2 aliphatic rings. The molecule has 1 aromatic rings. The van der Waals surface area contributed by atoms with Gasteiger partial charge in [0.15, 0.2) is 5.82 Å². The quantitative estimate of drug-likeness (QED) is 0.876. The van der Waals surface area contributed by atoms with E-state index in [2.05, 4.69) is 51.3 Å². The normalized spacial score (nSPS) is 24.1. The third-order valence-electron chi connectivity index (χ3n) is 4.35. The summed E-state index contributed by atoms with van der Waals surface area (Å²) in [7, 11) is 0. The molecule has 0 radical (unpaired) electrons. The monoisotopic (exact) mass is 275 g/mol. The van der Waals surface area contributed by atoms with Crippen LogP contribution in [0.15, 0.2) is 12.1 Å². The summed E-state index contributed by atoms with van der Waals surface area (Å²) >= 11 is 0. The summed E-state index contributed by atoms with van der Waals surface area (Å²) in [5.41, 5.74) is 1.04. The molecular formula is C15H25N5. The van der Waals surface area contributed by atoms with Gasteiger partial charge < -0.3 is 10.2 Å². The van der Waals surface area contributed by atoms with Crippen molar-refractivity contribution in [2.75, 3.05) is 31.1 Å². The Morgan fingerprint density at radius 1 is 1.25 bits per heavy atom. The van der Waals surface area contributed by atoms with Crippen molar-refractivity contribution < 1.29 is 0 Å². The predicted molar refractivity (Wildman–Crippen MR) is 80.8 cm³/mol. The largest absolute Gasteiger partial charge is 0.352 e. The Kier molecular flexibility index (Phi) is 4.17. The molecule has 2 heterocycles. The van der Waals surface area contributed by atoms with Crippen LogP contribution in [0.25, 0.3) is 0 Å². The van der Waals surface area contributed by atoms with Crippen LogP contribution in [0, 0.1) is 0 Å². The van der Waals surface area contributed by atoms with Crippen LogP contribution < -0.4 is 10.2 Å². The summed E-state index contributed by atoms with van der Waals surface area (Å²) in [6.45, 7) is 9.70. The lowest BCUT2D eigenvalue weighted by atomic mass is 10.2. The fourth-order valence-electron chi connectivity index (χ4n) is 2.83. The molecule has 1 saturated carbocycles. The van der Waals surface area contributed by atoms with Crippen molar-refractivity contribution in [3.8, 4) is 0 Å². The Morgan fingerprint density at radius 3 is 2.70 bits per heavy atom. The van der Waals surface area contributed by atoms with Gasteiger partial charge in [-0.2, -0.15) is 5.10 Å². The molecule has 1 atom stereocenters. The first-order valence-electron chi connectivity index (χ1n) is 7.81. The summed E-state index contributed by atoms with van der Waals surface area (Å²) < 4.78 is 0. The van der Waals surface area contributed by atoms with Crippen LogP contribution >= 0.6 is 0 Å². The lowest BCUT2D eigenvalue weighted by Crippen LogP contribution is -2.52. The number of likely N-dealkylation sites (N-methyl/N-ethyl adjacent to an activating group) is 1. The fraction of sp³-hybridized carbons (Fsp3) is 0.733. The van der Waals surface area contributed by atoms with Crippen molar-refractivity contribution >= 4 is 5.82 Å². The van der Waals surface area contributed by atoms with E-state index in [1.54, 1.807) is 0 Å². The molecule has 0 aromatic carbocycles. The minimum Gasteiger partial charge on any atom is -0.352 e. The first-order chi connectivity index (χ1) is 9.76. The molecule has 3 rings (SSSR count). The molecule has 20 heavy (non-hydrogen) atoms. The van der Waals surface area contributed by atoms with Crippen LogP contribution in [0.3, 0.4) is 0 Å². The van der Waals surface area contributed by atoms with E-state index in [0.29, 0.717) is 6.04 Å². The molecule has 0 bridgehead atoms. The summed E-state index contributed by atoms with van der Waals surface area (Å²) in [6.07, 6.45) is 2.62. The van der Waals surface area contributed by atoms with E-state index in [4.69, 9.17) is 0 Å². The average Bonchev–Trinajstić information content (AvgIpc) is 3.30. The average molecular weight is 275 g/mol. The van der Waals surface area contributed by atoms with Crippen LogP contribution in [-0.2, 0) is 6.54 Å². The van der Waals surface area contributed by atoms with E-state index in [1.807, 2.05) is 0 Å². The van der Waals surface area contributed by atoms with Gasteiger partial charge >= 0.3 is 0 Å². The number of piperazine rings is 1. The number of nitrogens with zero attached hydrogens (tertiary/aromatic N) is 4. The zero-order valence-electron chi connectivity index (χ0n) is 12.5. The third-order valence-corrected chi connectivity index (χ3v) is 4.35. The van der Waals surface area contributed by atoms with Crippen LogP contribution in [0.1, 0.15) is 32.4 Å². The highest BCUT2D eigenvalue weighted by Gasteiger charge is 2.23. The molecule has 1 N–H and O–H groups in total. The number of hydrogen-bond donors (Lipinski definition) is 1. The summed E-state index contributed by atoms with van der Waals surface area (Å²) in [5, 5.41) is 12.2. The van der Waals surface area contributed by atoms with Crippen molar-refractivity contribution in [1.29, 1.82) is 0 Å². The molecule has 1 saturated heterocycles. The molecular weight excluding hydrogens is 250 g/mol. The maximum atomic E-state index is 4.40. The molecule has 5 nitrogen and oxygen atoms in total. The smallest absolute Gasteiger partial charge is 0.151 e. The van der Waals surface area contributed by atoms with Gasteiger partial charge in [0.25, 0.3) is 0 Å². The number of hydrogen-bond acceptors (Lipinski definition) is 5. The number of anilines is 1. The molecule has 1 aliphatic carbocycles. The Balaban J connectivity index is 1.56. The van der Waals surface area contributed by atoms with E-state index < -0.39 is 0 Å². The summed E-state index contributed by atoms with van der Waals surface area (Å²) in [4.78, 5) is 4.86. The Bertz CT molecular complexity index is 428. The summed E-state index contributed by atoms with van der Waals surface area (Å²) in [5.74, 6) is 1.02. The van der Waals surface area contributed by atoms with Crippen LogP contribution in [-0.4, -0.2) is 53.4 Å². The Hall–Kier alpha value is -1.20. The maximum Gasteiger partial charge on any atom is 0.151 e. The minimum absolute atomic E-state index is 0.590. The fourth-order valence-corrected chi connectivity index (χ4v) is 2.83. The maximum absolute atomic E-state index is 4.40. The predicted octanol–water partition coefficient (Wildman–Crippen LogP) is 1.26. The standard InChI is InChI=1S/C15H25N5/c1-3-19-8-9-20(11-12(19)2)15-7-6-14(17-18-15)10-16-13-4-5-13/h6-7,12-13,16H,3-5,8-11H2,1-2H3. The lowest BCUT2D eigenvalue weighted by Gasteiger charge is -2.39. The van der Waals surface area contributed by atoms with Crippen molar-refractivity contribution in [2.45, 2.75) is 45.3 Å². The van der Waals surface area contributed by atoms with E-state index >= 15 is 0 Å². The lowest BCUT2D eigenvalue weighted by molar-refractivity contribution is 0.199. The van der Waals surface area contributed by atoms with Gasteiger partial charge in [0.1, 0.15) is 0 Å². The highest BCUT2D eigenvalue weighted by molar-refractivity contribution is 5.38. The second kappa shape index (κ2) is 6.06. The second-order valence-corrected chi connectivity index (χ2v) is 5.96. The number of aromatic nitrogens is 2. The first kappa shape index (κ1) is 13.8. The number of nitrogens with one attached hydrogen (secondary N) is 1. The van der Waals surface area contributed by atoms with Crippen LogP contribution in [0.2, 0.25) is 0 Å². The molecule has 5 heteroatoms. The van der Waals surface area contributed by atoms with Crippen molar-refractivity contribution in [3.63, 3.8) is 0 Å². The van der Waals surface area contributed by atoms with Gasteiger partial charge in [-0.05, 0) is 38.4 Å². The molecule has 0 amide bonds. The molecule has 0 spiro atoms. The van der Waals surface area contributed by atoms with E-state index in [1.165, 1.54) is 12.8 Å². The second-order valence-electron chi connectivity index (χ2n) is 5.96. The number of rotatable bonds is 5. The first-order valence-corrected chi connectivity index (χ1v) is 7.81. The van der Waals surface area contributed by atoms with Gasteiger partial charge in [0.2, 0.25) is 0 Å². The molecule has 110 valence electrons. The zero-order valence-corrected chi connectivity index (χ0v) is 12.5. The minimum atomic E-state index is 0.590. The Labute approximate surface area is 121 Å². The van der Waals surface area contributed by atoms with E-state index in [0.717, 1.165) is 50.3 Å². The molecule has 1 aliphatic heterocycles. The molecule has 2 fully saturated rings. The van der Waals surface area contributed by atoms with Crippen LogP contribution in [0.5, 0.6) is 0 Å². The highest BCUT2D eigenvalue weighted by Crippen LogP contribution is 2.19. The van der Waals surface area contributed by atoms with Crippen molar-refractivity contribution in [3.05, 3.63) is 17.8 Å². The van der Waals surface area contributed by atoms with E-state index in [9.17, 15) is 0 Å². The van der Waals surface area contributed by atoms with Gasteiger partial charge in [-0.25, -0.2) is 0 Å². The van der Waals surface area contributed by atoms with E-state index in [-0.39, 0.29) is 0 Å². The van der Waals surface area contributed by atoms with Gasteiger partial charge in [-0.15, -0.1) is 5.10 Å². The van der Waals surface area contributed by atoms with Gasteiger partial charge in [0.05, 0.1) is 5.69 Å². The molecule has 1 unspecified atom stereocenters. The van der Waals surface area contributed by atoms with Gasteiger partial charge in [0, 0.05) is 38.3 Å². The van der Waals surface area contributed by atoms with Crippen LogP contribution in [0.4, 0.5) is 5.82 Å².